The van der Waals surface area contributed by atoms with Crippen LogP contribution in [0.5, 0.6) is 11.5 Å². The maximum atomic E-state index is 12.7. The lowest BCUT2D eigenvalue weighted by atomic mass is 9.46. The quantitative estimate of drug-likeness (QED) is 0.147. The number of non-ortho nitro benzene ring substituents is 1. The fourth-order valence-electron chi connectivity index (χ4n) is 7.53. The zero-order valence-corrected chi connectivity index (χ0v) is 23.5. The third kappa shape index (κ3) is 4.84. The van der Waals surface area contributed by atoms with E-state index in [1.807, 2.05) is 19.9 Å². The van der Waals surface area contributed by atoms with Crippen LogP contribution in [0.25, 0.3) is 0 Å². The summed E-state index contributed by atoms with van der Waals surface area (Å²) in [7, 11) is 1.42. The predicted octanol–water partition coefficient (Wildman–Crippen LogP) is 5.76. The smallest absolute Gasteiger partial charge is 0.337 e. The summed E-state index contributed by atoms with van der Waals surface area (Å²) in [6, 6.07) is 4.14. The molecule has 212 valence electrons. The van der Waals surface area contributed by atoms with Gasteiger partial charge in [0.25, 0.3) is 5.69 Å². The Hall–Kier alpha value is -2.91. The monoisotopic (exact) mass is 541 g/mol. The first-order valence-electron chi connectivity index (χ1n) is 13.7. The van der Waals surface area contributed by atoms with E-state index in [0.29, 0.717) is 30.3 Å². The third-order valence-corrected chi connectivity index (χ3v) is 9.62. The molecular weight excluding hydrogens is 502 g/mol. The molecule has 6 atom stereocenters. The number of fused-ring (bicyclic) bond motifs is 3. The van der Waals surface area contributed by atoms with Gasteiger partial charge in [0.2, 0.25) is 0 Å². The number of nitro groups is 1. The number of rotatable bonds is 6. The maximum absolute atomic E-state index is 12.7. The second kappa shape index (κ2) is 9.93. The van der Waals surface area contributed by atoms with E-state index in [2.05, 4.69) is 20.4 Å². The molecule has 0 radical (unpaired) electrons. The normalized spacial score (nSPS) is 36.6. The first kappa shape index (κ1) is 27.6. The van der Waals surface area contributed by atoms with Crippen molar-refractivity contribution in [3.8, 4) is 11.5 Å². The Kier molecular flexibility index (Phi) is 7.04. The molecule has 0 bridgehead atoms. The fraction of sp³-hybridized carbons (Fsp3) is 0.633. The van der Waals surface area contributed by atoms with Crippen molar-refractivity contribution in [1.29, 1.82) is 0 Å². The van der Waals surface area contributed by atoms with Crippen LogP contribution in [-0.4, -0.2) is 49.2 Å². The Morgan fingerprint density at radius 2 is 1.95 bits per heavy atom. The van der Waals surface area contributed by atoms with Crippen molar-refractivity contribution < 1.29 is 33.4 Å². The van der Waals surface area contributed by atoms with Gasteiger partial charge in [0.15, 0.2) is 23.4 Å². The highest BCUT2D eigenvalue weighted by Crippen LogP contribution is 2.63. The molecule has 4 fully saturated rings. The van der Waals surface area contributed by atoms with Crippen LogP contribution in [0.1, 0.15) is 59.8 Å². The van der Waals surface area contributed by atoms with Gasteiger partial charge in [-0.3, -0.25) is 10.1 Å². The molecule has 4 aliphatic rings. The number of carbonyl (C=O) groups excluding carboxylic acids is 1. The molecular formula is C30H39NO8. The lowest BCUT2D eigenvalue weighted by Gasteiger charge is -2.63. The Morgan fingerprint density at radius 1 is 1.18 bits per heavy atom. The number of carbonyl (C=O) groups is 1. The molecule has 0 N–H and O–H groups in total. The van der Waals surface area contributed by atoms with Gasteiger partial charge in [-0.1, -0.05) is 32.1 Å². The van der Waals surface area contributed by atoms with E-state index in [9.17, 15) is 14.9 Å². The SMILES string of the molecule is C=C1CC[C@H]2[C@@](C)(CCC3OC(C)(C)OC[C@]32C)C1C/C=C1/C(=O)OC[C@H]1Oc1ccc([N+](=O)[O-])cc1OC. The van der Waals surface area contributed by atoms with Crippen molar-refractivity contribution in [2.75, 3.05) is 20.3 Å². The van der Waals surface area contributed by atoms with E-state index in [1.54, 1.807) is 0 Å². The molecule has 9 nitrogen and oxygen atoms in total. The molecule has 9 heteroatoms. The molecule has 2 saturated heterocycles. The molecule has 0 amide bonds. The Balaban J connectivity index is 1.37. The summed E-state index contributed by atoms with van der Waals surface area (Å²) in [5.41, 5.74) is 1.48. The molecule has 2 unspecified atom stereocenters. The molecule has 5 rings (SSSR count). The van der Waals surface area contributed by atoms with Gasteiger partial charge in [-0.2, -0.15) is 0 Å². The average Bonchev–Trinajstić information content (AvgIpc) is 3.22. The van der Waals surface area contributed by atoms with Crippen LogP contribution in [0.2, 0.25) is 0 Å². The van der Waals surface area contributed by atoms with Crippen molar-refractivity contribution in [2.24, 2.45) is 22.7 Å². The van der Waals surface area contributed by atoms with E-state index in [0.717, 1.165) is 25.7 Å². The molecule has 0 spiro atoms. The molecule has 2 aliphatic heterocycles. The van der Waals surface area contributed by atoms with E-state index in [1.165, 1.54) is 30.9 Å². The standard InChI is InChI=1S/C30H39NO8/c1-18-7-12-25-29(4,14-13-26-30(25,5)17-37-28(2,3)39-26)21(18)10-9-20-24(16-36-27(20)32)38-22-11-8-19(31(33)34)15-23(22)35-6/h8-9,11,15,21,24-26H,1,7,10,12-14,16-17H2,2-6H3/b20-9+/t21?,24-,25+,26?,29+,30+/m1/s1. The predicted molar refractivity (Wildman–Crippen MR) is 143 cm³/mol. The Morgan fingerprint density at radius 3 is 2.67 bits per heavy atom. The number of cyclic esters (lactones) is 1. The van der Waals surface area contributed by atoms with Crippen molar-refractivity contribution in [1.82, 2.24) is 0 Å². The van der Waals surface area contributed by atoms with Crippen molar-refractivity contribution in [2.45, 2.75) is 77.8 Å². The highest BCUT2D eigenvalue weighted by atomic mass is 16.7. The number of allylic oxidation sites excluding steroid dienone is 2. The van der Waals surface area contributed by atoms with Crippen LogP contribution in [0.3, 0.4) is 0 Å². The van der Waals surface area contributed by atoms with Gasteiger partial charge in [-0.25, -0.2) is 4.79 Å². The van der Waals surface area contributed by atoms with Crippen LogP contribution in [0.4, 0.5) is 5.69 Å². The summed E-state index contributed by atoms with van der Waals surface area (Å²) in [6.07, 6.45) is 6.09. The summed E-state index contributed by atoms with van der Waals surface area (Å²) >= 11 is 0. The second-order valence-electron chi connectivity index (χ2n) is 12.3. The Bertz CT molecular complexity index is 1210. The van der Waals surface area contributed by atoms with E-state index in [-0.39, 0.29) is 40.9 Å². The number of benzene rings is 1. The lowest BCUT2D eigenvalue weighted by Crippen LogP contribution is -2.62. The zero-order chi connectivity index (χ0) is 28.2. The molecule has 2 aliphatic carbocycles. The van der Waals surface area contributed by atoms with Crippen molar-refractivity contribution in [3.63, 3.8) is 0 Å². The van der Waals surface area contributed by atoms with Gasteiger partial charge in [-0.15, -0.1) is 0 Å². The minimum atomic E-state index is -0.635. The van der Waals surface area contributed by atoms with Crippen LogP contribution >= 0.6 is 0 Å². The van der Waals surface area contributed by atoms with Crippen molar-refractivity contribution >= 4 is 11.7 Å². The van der Waals surface area contributed by atoms with Crippen molar-refractivity contribution in [3.05, 3.63) is 52.1 Å². The summed E-state index contributed by atoms with van der Waals surface area (Å²) in [6.45, 7) is 13.9. The highest BCUT2D eigenvalue weighted by molar-refractivity contribution is 5.91. The number of nitro benzene ring substituents is 1. The number of methoxy groups -OCH3 is 1. The average molecular weight is 542 g/mol. The van der Waals surface area contributed by atoms with E-state index in [4.69, 9.17) is 23.7 Å². The summed E-state index contributed by atoms with van der Waals surface area (Å²) in [5, 5.41) is 11.1. The second-order valence-corrected chi connectivity index (χ2v) is 12.3. The fourth-order valence-corrected chi connectivity index (χ4v) is 7.53. The van der Waals surface area contributed by atoms with Crippen LogP contribution < -0.4 is 9.47 Å². The number of esters is 1. The van der Waals surface area contributed by atoms with Gasteiger partial charge in [-0.05, 0) is 69.3 Å². The first-order chi connectivity index (χ1) is 18.4. The lowest BCUT2D eigenvalue weighted by molar-refractivity contribution is -0.385. The van der Waals surface area contributed by atoms with Gasteiger partial charge in [0.1, 0.15) is 6.61 Å². The van der Waals surface area contributed by atoms with Gasteiger partial charge in [0.05, 0.1) is 36.4 Å². The molecule has 2 heterocycles. The largest absolute Gasteiger partial charge is 0.493 e. The van der Waals surface area contributed by atoms with Crippen LogP contribution in [-0.2, 0) is 19.0 Å². The minimum Gasteiger partial charge on any atom is -0.493 e. The maximum Gasteiger partial charge on any atom is 0.337 e. The minimum absolute atomic E-state index is 0.00764. The molecule has 39 heavy (non-hydrogen) atoms. The topological polar surface area (TPSA) is 106 Å². The van der Waals surface area contributed by atoms with Crippen LogP contribution in [0, 0.1) is 32.8 Å². The third-order valence-electron chi connectivity index (χ3n) is 9.62. The first-order valence-corrected chi connectivity index (χ1v) is 13.7. The number of nitrogens with zero attached hydrogens (tertiary/aromatic N) is 1. The van der Waals surface area contributed by atoms with Gasteiger partial charge < -0.3 is 23.7 Å². The number of hydrogen-bond donors (Lipinski definition) is 0. The van der Waals surface area contributed by atoms with E-state index < -0.39 is 22.8 Å². The molecule has 0 aromatic heterocycles. The summed E-state index contributed by atoms with van der Waals surface area (Å²) in [5.74, 6) is 0.169. The summed E-state index contributed by atoms with van der Waals surface area (Å²) < 4.78 is 29.4. The molecule has 1 aromatic carbocycles. The zero-order valence-electron chi connectivity index (χ0n) is 23.5. The van der Waals surface area contributed by atoms with Gasteiger partial charge in [0, 0.05) is 11.5 Å². The molecule has 1 aromatic rings. The Labute approximate surface area is 229 Å². The number of ether oxygens (including phenoxy) is 5. The number of hydrogen-bond acceptors (Lipinski definition) is 8. The van der Waals surface area contributed by atoms with E-state index >= 15 is 0 Å². The summed E-state index contributed by atoms with van der Waals surface area (Å²) in [4.78, 5) is 23.4. The van der Waals surface area contributed by atoms with Gasteiger partial charge >= 0.3 is 5.97 Å². The highest BCUT2D eigenvalue weighted by Gasteiger charge is 2.60. The molecule has 2 saturated carbocycles. The van der Waals surface area contributed by atoms with Crippen LogP contribution in [0.15, 0.2) is 42.0 Å².